The number of amides is 3. The second-order valence-corrected chi connectivity index (χ2v) is 7.22. The number of fused-ring (bicyclic) bond motifs is 1. The van der Waals surface area contributed by atoms with Crippen LogP contribution in [-0.2, 0) is 11.3 Å². The SMILES string of the molecule is CN1CCN(CC2CC(=O)NN=C2c2ccc3c(c2)CNC(=O)N3)CC1. The van der Waals surface area contributed by atoms with Crippen LogP contribution in [0.3, 0.4) is 0 Å². The number of carbonyl (C=O) groups excluding carboxylic acids is 2. The highest BCUT2D eigenvalue weighted by molar-refractivity contribution is 6.06. The van der Waals surface area contributed by atoms with Gasteiger partial charge in [-0.25, -0.2) is 10.2 Å². The minimum atomic E-state index is -0.180. The molecule has 0 aromatic heterocycles. The third-order valence-corrected chi connectivity index (χ3v) is 5.28. The summed E-state index contributed by atoms with van der Waals surface area (Å²) in [5, 5.41) is 9.97. The van der Waals surface area contributed by atoms with E-state index in [0.717, 1.165) is 55.2 Å². The molecule has 3 N–H and O–H groups in total. The van der Waals surface area contributed by atoms with Crippen LogP contribution >= 0.6 is 0 Å². The second-order valence-electron chi connectivity index (χ2n) is 7.22. The summed E-state index contributed by atoms with van der Waals surface area (Å²) in [7, 11) is 2.14. The highest BCUT2D eigenvalue weighted by Gasteiger charge is 2.29. The van der Waals surface area contributed by atoms with Gasteiger partial charge in [0, 0.05) is 57.3 Å². The minimum Gasteiger partial charge on any atom is -0.334 e. The van der Waals surface area contributed by atoms with Crippen molar-refractivity contribution in [2.75, 3.05) is 45.1 Å². The fraction of sp³-hybridized carbons (Fsp3) is 0.500. The molecule has 8 nitrogen and oxygen atoms in total. The molecular weight excluding hydrogens is 332 g/mol. The van der Waals surface area contributed by atoms with E-state index in [2.05, 4.69) is 44.1 Å². The number of benzene rings is 1. The standard InChI is InChI=1S/C18H24N6O2/c1-23-4-6-24(7-5-23)11-14-9-16(25)21-22-17(14)12-2-3-15-13(8-12)10-19-18(26)20-15/h2-3,8,14H,4-7,9-11H2,1H3,(H,21,25)(H2,19,20,26). The van der Waals surface area contributed by atoms with Crippen molar-refractivity contribution in [3.8, 4) is 0 Å². The van der Waals surface area contributed by atoms with Gasteiger partial charge >= 0.3 is 6.03 Å². The van der Waals surface area contributed by atoms with Crippen molar-refractivity contribution in [2.45, 2.75) is 13.0 Å². The molecule has 0 radical (unpaired) electrons. The van der Waals surface area contributed by atoms with Crippen LogP contribution < -0.4 is 16.1 Å². The average Bonchev–Trinajstić information content (AvgIpc) is 2.63. The Hall–Kier alpha value is -2.45. The molecule has 4 rings (SSSR count). The van der Waals surface area contributed by atoms with E-state index in [-0.39, 0.29) is 17.9 Å². The van der Waals surface area contributed by atoms with Gasteiger partial charge in [0.25, 0.3) is 0 Å². The number of nitrogens with zero attached hydrogens (tertiary/aromatic N) is 3. The maximum Gasteiger partial charge on any atom is 0.319 e. The summed E-state index contributed by atoms with van der Waals surface area (Å²) in [4.78, 5) is 28.1. The molecule has 0 bridgehead atoms. The fourth-order valence-electron chi connectivity index (χ4n) is 3.74. The van der Waals surface area contributed by atoms with Crippen molar-refractivity contribution in [2.24, 2.45) is 11.0 Å². The molecule has 1 fully saturated rings. The summed E-state index contributed by atoms with van der Waals surface area (Å²) in [6.07, 6.45) is 0.456. The lowest BCUT2D eigenvalue weighted by Crippen LogP contribution is -2.48. The zero-order chi connectivity index (χ0) is 18.1. The molecule has 0 aliphatic carbocycles. The molecule has 1 aromatic rings. The number of hydrogen-bond acceptors (Lipinski definition) is 5. The predicted molar refractivity (Wildman–Crippen MR) is 99.0 cm³/mol. The molecule has 3 aliphatic heterocycles. The Morgan fingerprint density at radius 1 is 1.19 bits per heavy atom. The molecule has 1 aromatic carbocycles. The molecule has 0 spiro atoms. The zero-order valence-corrected chi connectivity index (χ0v) is 14.9. The van der Waals surface area contributed by atoms with Gasteiger partial charge in [-0.2, -0.15) is 5.10 Å². The van der Waals surface area contributed by atoms with Crippen molar-refractivity contribution in [3.63, 3.8) is 0 Å². The van der Waals surface area contributed by atoms with Crippen molar-refractivity contribution in [1.29, 1.82) is 0 Å². The van der Waals surface area contributed by atoms with Gasteiger partial charge in [0.15, 0.2) is 0 Å². The lowest BCUT2D eigenvalue weighted by atomic mass is 9.90. The molecule has 3 heterocycles. The summed E-state index contributed by atoms with van der Waals surface area (Å²) in [6.45, 7) is 5.47. The van der Waals surface area contributed by atoms with Gasteiger partial charge in [-0.15, -0.1) is 0 Å². The Kier molecular flexibility index (Phi) is 4.60. The number of piperazine rings is 1. The highest BCUT2D eigenvalue weighted by atomic mass is 16.2. The Labute approximate surface area is 152 Å². The van der Waals surface area contributed by atoms with Gasteiger partial charge in [-0.05, 0) is 30.3 Å². The first-order chi connectivity index (χ1) is 12.6. The van der Waals surface area contributed by atoms with Crippen molar-refractivity contribution >= 4 is 23.3 Å². The number of nitrogens with one attached hydrogen (secondary N) is 3. The van der Waals surface area contributed by atoms with E-state index in [1.54, 1.807) is 0 Å². The molecule has 3 aliphatic rings. The molecule has 138 valence electrons. The topological polar surface area (TPSA) is 89.1 Å². The molecule has 3 amide bonds. The number of hydrazone groups is 1. The van der Waals surface area contributed by atoms with Crippen LogP contribution in [0.2, 0.25) is 0 Å². The van der Waals surface area contributed by atoms with Crippen LogP contribution in [0, 0.1) is 5.92 Å². The molecule has 8 heteroatoms. The number of likely N-dealkylation sites (N-methyl/N-ethyl adjacent to an activating group) is 1. The van der Waals surface area contributed by atoms with E-state index >= 15 is 0 Å². The van der Waals surface area contributed by atoms with Crippen molar-refractivity contribution < 1.29 is 9.59 Å². The van der Waals surface area contributed by atoms with Crippen LogP contribution in [0.5, 0.6) is 0 Å². The number of anilines is 1. The lowest BCUT2D eigenvalue weighted by molar-refractivity contribution is -0.122. The van der Waals surface area contributed by atoms with E-state index in [9.17, 15) is 9.59 Å². The maximum atomic E-state index is 11.9. The molecule has 26 heavy (non-hydrogen) atoms. The zero-order valence-electron chi connectivity index (χ0n) is 14.9. The largest absolute Gasteiger partial charge is 0.334 e. The van der Waals surface area contributed by atoms with E-state index in [1.165, 1.54) is 0 Å². The van der Waals surface area contributed by atoms with Gasteiger partial charge in [-0.3, -0.25) is 4.79 Å². The van der Waals surface area contributed by atoms with Crippen LogP contribution in [0.4, 0.5) is 10.5 Å². The monoisotopic (exact) mass is 356 g/mol. The molecule has 1 atom stereocenters. The first kappa shape index (κ1) is 17.0. The number of urea groups is 1. The normalized spacial score (nSPS) is 24.2. The smallest absolute Gasteiger partial charge is 0.319 e. The molecule has 0 saturated carbocycles. The molecule has 1 unspecified atom stereocenters. The fourth-order valence-corrected chi connectivity index (χ4v) is 3.74. The van der Waals surface area contributed by atoms with Crippen LogP contribution in [-0.4, -0.2) is 67.2 Å². The Morgan fingerprint density at radius 2 is 2.00 bits per heavy atom. The summed E-state index contributed by atoms with van der Waals surface area (Å²) in [5.74, 6) is 0.0520. The Morgan fingerprint density at radius 3 is 2.81 bits per heavy atom. The first-order valence-corrected chi connectivity index (χ1v) is 9.04. The summed E-state index contributed by atoms with van der Waals surface area (Å²) in [6, 6.07) is 5.75. The number of hydrogen-bond donors (Lipinski definition) is 3. The first-order valence-electron chi connectivity index (χ1n) is 9.04. The lowest BCUT2D eigenvalue weighted by Gasteiger charge is -2.35. The average molecular weight is 356 g/mol. The van der Waals surface area contributed by atoms with E-state index in [1.807, 2.05) is 12.1 Å². The summed E-state index contributed by atoms with van der Waals surface area (Å²) >= 11 is 0. The Bertz CT molecular complexity index is 754. The molecular formula is C18H24N6O2. The third kappa shape index (κ3) is 3.56. The predicted octanol–water partition coefficient (Wildman–Crippen LogP) is 0.409. The van der Waals surface area contributed by atoms with Gasteiger partial charge in [0.2, 0.25) is 5.91 Å². The van der Waals surface area contributed by atoms with Crippen LogP contribution in [0.15, 0.2) is 23.3 Å². The van der Waals surface area contributed by atoms with Gasteiger partial charge in [-0.1, -0.05) is 6.07 Å². The number of rotatable bonds is 3. The second kappa shape index (κ2) is 7.05. The summed E-state index contributed by atoms with van der Waals surface area (Å²) in [5.41, 5.74) is 6.40. The quantitative estimate of drug-likeness (QED) is 0.732. The van der Waals surface area contributed by atoms with Gasteiger partial charge in [0.05, 0.1) is 5.71 Å². The Balaban J connectivity index is 1.55. The van der Waals surface area contributed by atoms with E-state index in [4.69, 9.17) is 0 Å². The van der Waals surface area contributed by atoms with E-state index < -0.39 is 0 Å². The van der Waals surface area contributed by atoms with Crippen LogP contribution in [0.25, 0.3) is 0 Å². The summed E-state index contributed by atoms with van der Waals surface area (Å²) < 4.78 is 0. The maximum absolute atomic E-state index is 11.9. The number of carbonyl (C=O) groups is 2. The third-order valence-electron chi connectivity index (χ3n) is 5.28. The minimum absolute atomic E-state index is 0.0280. The van der Waals surface area contributed by atoms with E-state index in [0.29, 0.717) is 13.0 Å². The van der Waals surface area contributed by atoms with Gasteiger partial charge < -0.3 is 20.4 Å². The highest BCUT2D eigenvalue weighted by Crippen LogP contribution is 2.25. The van der Waals surface area contributed by atoms with Crippen molar-refractivity contribution in [1.82, 2.24) is 20.5 Å². The van der Waals surface area contributed by atoms with Crippen LogP contribution in [0.1, 0.15) is 17.5 Å². The van der Waals surface area contributed by atoms with Crippen molar-refractivity contribution in [3.05, 3.63) is 29.3 Å². The van der Waals surface area contributed by atoms with Gasteiger partial charge in [0.1, 0.15) is 0 Å². The molecule has 1 saturated heterocycles.